The number of aromatic nitrogens is 2. The van der Waals surface area contributed by atoms with Crippen LogP contribution in [0.3, 0.4) is 0 Å². The van der Waals surface area contributed by atoms with Gasteiger partial charge in [0.1, 0.15) is 11.3 Å². The molecule has 7 nitrogen and oxygen atoms in total. The van der Waals surface area contributed by atoms with Crippen LogP contribution in [0.15, 0.2) is 18.5 Å². The first kappa shape index (κ1) is 17.5. The average molecular weight is 377 g/mol. The molecule has 4 heterocycles. The SMILES string of the molecule is CC(C)(N)c1cnc(OC2CN(C(=O)C3COC3)C2)c2cnc(Cl)cc12. The van der Waals surface area contributed by atoms with Crippen LogP contribution in [-0.4, -0.2) is 53.2 Å². The van der Waals surface area contributed by atoms with E-state index >= 15 is 0 Å². The van der Waals surface area contributed by atoms with Gasteiger partial charge < -0.3 is 20.1 Å². The number of likely N-dealkylation sites (tertiary alicyclic amines) is 1. The van der Waals surface area contributed by atoms with Crippen LogP contribution in [0.4, 0.5) is 0 Å². The molecule has 0 radical (unpaired) electrons. The minimum atomic E-state index is -0.570. The Morgan fingerprint density at radius 1 is 1.31 bits per heavy atom. The summed E-state index contributed by atoms with van der Waals surface area (Å²) in [4.78, 5) is 22.5. The number of hydrogen-bond acceptors (Lipinski definition) is 6. The fourth-order valence-electron chi connectivity index (χ4n) is 3.18. The molecule has 2 aromatic heterocycles. The summed E-state index contributed by atoms with van der Waals surface area (Å²) in [5.74, 6) is 0.635. The number of amides is 1. The predicted octanol–water partition coefficient (Wildman–Crippen LogP) is 1.71. The lowest BCUT2D eigenvalue weighted by molar-refractivity contribution is -0.158. The third-order valence-corrected chi connectivity index (χ3v) is 5.03. The highest BCUT2D eigenvalue weighted by Gasteiger charge is 2.38. The summed E-state index contributed by atoms with van der Waals surface area (Å²) < 4.78 is 11.1. The Morgan fingerprint density at radius 2 is 2.04 bits per heavy atom. The van der Waals surface area contributed by atoms with Crippen molar-refractivity contribution in [1.82, 2.24) is 14.9 Å². The van der Waals surface area contributed by atoms with Crippen LogP contribution >= 0.6 is 11.6 Å². The van der Waals surface area contributed by atoms with Gasteiger partial charge in [-0.05, 0) is 30.9 Å². The van der Waals surface area contributed by atoms with Crippen molar-refractivity contribution in [3.05, 3.63) is 29.2 Å². The topological polar surface area (TPSA) is 90.6 Å². The molecule has 1 amide bonds. The molecule has 0 aromatic carbocycles. The summed E-state index contributed by atoms with van der Waals surface area (Å²) in [6.45, 7) is 5.99. The van der Waals surface area contributed by atoms with Gasteiger partial charge in [-0.1, -0.05) is 11.6 Å². The molecule has 2 saturated heterocycles. The summed E-state index contributed by atoms with van der Waals surface area (Å²) >= 11 is 6.07. The van der Waals surface area contributed by atoms with E-state index in [9.17, 15) is 4.79 Å². The highest BCUT2D eigenvalue weighted by molar-refractivity contribution is 6.30. The second kappa shape index (κ2) is 6.33. The zero-order valence-corrected chi connectivity index (χ0v) is 15.5. The Bertz CT molecular complexity index is 857. The second-order valence-electron chi connectivity index (χ2n) is 7.47. The number of carbonyl (C=O) groups is 1. The molecule has 2 aliphatic heterocycles. The molecule has 0 aliphatic carbocycles. The average Bonchev–Trinajstić information content (AvgIpc) is 2.46. The minimum Gasteiger partial charge on any atom is -0.470 e. The number of hydrogen-bond donors (Lipinski definition) is 1. The number of pyridine rings is 2. The van der Waals surface area contributed by atoms with Gasteiger partial charge in [-0.15, -0.1) is 0 Å². The Hall–Kier alpha value is -1.96. The van der Waals surface area contributed by atoms with E-state index in [1.807, 2.05) is 13.8 Å². The molecule has 8 heteroatoms. The molecule has 4 rings (SSSR count). The molecule has 26 heavy (non-hydrogen) atoms. The Balaban J connectivity index is 1.54. The van der Waals surface area contributed by atoms with E-state index in [0.717, 1.165) is 16.3 Å². The van der Waals surface area contributed by atoms with E-state index < -0.39 is 5.54 Å². The standard InChI is InChI=1S/C18H21ClN4O3/c1-18(2,20)14-5-22-16(13-4-21-15(19)3-12(13)14)26-11-6-23(7-11)17(24)10-8-25-9-10/h3-5,10-11H,6-9,20H2,1-2H3. The van der Waals surface area contributed by atoms with Crippen LogP contribution < -0.4 is 10.5 Å². The van der Waals surface area contributed by atoms with Gasteiger partial charge in [-0.25, -0.2) is 9.97 Å². The van der Waals surface area contributed by atoms with Gasteiger partial charge in [-0.3, -0.25) is 4.79 Å². The first-order valence-electron chi connectivity index (χ1n) is 8.60. The van der Waals surface area contributed by atoms with Crippen LogP contribution in [0, 0.1) is 5.92 Å². The maximum atomic E-state index is 12.1. The van der Waals surface area contributed by atoms with Crippen molar-refractivity contribution in [1.29, 1.82) is 0 Å². The fourth-order valence-corrected chi connectivity index (χ4v) is 3.34. The molecule has 0 saturated carbocycles. The Labute approximate surface area is 156 Å². The predicted molar refractivity (Wildman–Crippen MR) is 97.1 cm³/mol. The maximum Gasteiger partial charge on any atom is 0.230 e. The molecule has 0 spiro atoms. The number of carbonyl (C=O) groups excluding carboxylic acids is 1. The largest absolute Gasteiger partial charge is 0.470 e. The van der Waals surface area contributed by atoms with E-state index in [0.29, 0.717) is 37.3 Å². The molecular formula is C18H21ClN4O3. The third kappa shape index (κ3) is 3.11. The van der Waals surface area contributed by atoms with Gasteiger partial charge in [-0.2, -0.15) is 0 Å². The Morgan fingerprint density at radius 3 is 2.65 bits per heavy atom. The lowest BCUT2D eigenvalue weighted by Crippen LogP contribution is -2.59. The van der Waals surface area contributed by atoms with Crippen molar-refractivity contribution < 1.29 is 14.3 Å². The van der Waals surface area contributed by atoms with Crippen LogP contribution in [0.5, 0.6) is 5.88 Å². The van der Waals surface area contributed by atoms with Crippen LogP contribution in [0.2, 0.25) is 5.15 Å². The van der Waals surface area contributed by atoms with Gasteiger partial charge in [0.15, 0.2) is 0 Å². The van der Waals surface area contributed by atoms with E-state index in [2.05, 4.69) is 9.97 Å². The molecule has 0 bridgehead atoms. The summed E-state index contributed by atoms with van der Waals surface area (Å²) in [5, 5.41) is 2.03. The number of nitrogens with two attached hydrogens (primary N) is 1. The summed E-state index contributed by atoms with van der Waals surface area (Å²) in [6, 6.07) is 1.78. The lowest BCUT2D eigenvalue weighted by Gasteiger charge is -2.42. The number of ether oxygens (including phenoxy) is 2. The molecule has 0 atom stereocenters. The van der Waals surface area contributed by atoms with Gasteiger partial charge in [0.2, 0.25) is 11.8 Å². The minimum absolute atomic E-state index is 0.00677. The monoisotopic (exact) mass is 376 g/mol. The van der Waals surface area contributed by atoms with Crippen LogP contribution in [-0.2, 0) is 15.1 Å². The molecular weight excluding hydrogens is 356 g/mol. The van der Waals surface area contributed by atoms with Crippen molar-refractivity contribution in [3.63, 3.8) is 0 Å². The molecule has 2 fully saturated rings. The van der Waals surface area contributed by atoms with Crippen LogP contribution in [0.25, 0.3) is 10.8 Å². The summed E-state index contributed by atoms with van der Waals surface area (Å²) in [6.07, 6.45) is 3.30. The van der Waals surface area contributed by atoms with Crippen molar-refractivity contribution in [2.45, 2.75) is 25.5 Å². The smallest absolute Gasteiger partial charge is 0.230 e. The number of fused-ring (bicyclic) bond motifs is 1. The zero-order chi connectivity index (χ0) is 18.5. The van der Waals surface area contributed by atoms with Gasteiger partial charge in [0.25, 0.3) is 0 Å². The molecule has 2 N–H and O–H groups in total. The number of halogens is 1. The Kier molecular flexibility index (Phi) is 4.25. The van der Waals surface area contributed by atoms with Gasteiger partial charge in [0.05, 0.1) is 37.6 Å². The molecule has 2 aliphatic rings. The van der Waals surface area contributed by atoms with E-state index in [-0.39, 0.29) is 17.9 Å². The first-order chi connectivity index (χ1) is 12.3. The normalized spacial score (nSPS) is 18.5. The van der Waals surface area contributed by atoms with Gasteiger partial charge >= 0.3 is 0 Å². The quantitative estimate of drug-likeness (QED) is 0.817. The highest BCUT2D eigenvalue weighted by Crippen LogP contribution is 2.33. The molecule has 138 valence electrons. The maximum absolute atomic E-state index is 12.1. The van der Waals surface area contributed by atoms with Crippen molar-refractivity contribution in [2.24, 2.45) is 11.7 Å². The van der Waals surface area contributed by atoms with Crippen molar-refractivity contribution in [3.8, 4) is 5.88 Å². The van der Waals surface area contributed by atoms with E-state index in [1.165, 1.54) is 0 Å². The van der Waals surface area contributed by atoms with Gasteiger partial charge in [0, 0.05) is 17.9 Å². The third-order valence-electron chi connectivity index (χ3n) is 4.82. The second-order valence-corrected chi connectivity index (χ2v) is 7.86. The first-order valence-corrected chi connectivity index (χ1v) is 8.97. The zero-order valence-electron chi connectivity index (χ0n) is 14.7. The fraction of sp³-hybridized carbons (Fsp3) is 0.500. The summed E-state index contributed by atoms with van der Waals surface area (Å²) in [7, 11) is 0. The summed E-state index contributed by atoms with van der Waals surface area (Å²) in [5.41, 5.74) is 6.57. The van der Waals surface area contributed by atoms with Crippen molar-refractivity contribution in [2.75, 3.05) is 26.3 Å². The lowest BCUT2D eigenvalue weighted by atomic mass is 9.93. The highest BCUT2D eigenvalue weighted by atomic mass is 35.5. The number of nitrogens with zero attached hydrogens (tertiary/aromatic N) is 3. The number of rotatable bonds is 4. The molecule has 0 unspecified atom stereocenters. The molecule has 2 aromatic rings. The van der Waals surface area contributed by atoms with E-state index in [4.69, 9.17) is 26.8 Å². The van der Waals surface area contributed by atoms with E-state index in [1.54, 1.807) is 23.4 Å². The van der Waals surface area contributed by atoms with Crippen LogP contribution in [0.1, 0.15) is 19.4 Å². The van der Waals surface area contributed by atoms with Crippen molar-refractivity contribution >= 4 is 28.3 Å².